The van der Waals surface area contributed by atoms with Crippen LogP contribution in [-0.2, 0) is 19.6 Å². The molecule has 0 fully saturated rings. The molecule has 2 heterocycles. The van der Waals surface area contributed by atoms with Crippen LogP contribution in [0.25, 0.3) is 0 Å². The lowest BCUT2D eigenvalue weighted by Crippen LogP contribution is -2.36. The quantitative estimate of drug-likeness (QED) is 0.693. The second-order valence-corrected chi connectivity index (χ2v) is 5.44. The molecular formula is C17H20N6O. The molecule has 0 atom stereocenters. The molecule has 2 amide bonds. The van der Waals surface area contributed by atoms with Gasteiger partial charge in [0.05, 0.1) is 6.54 Å². The van der Waals surface area contributed by atoms with Gasteiger partial charge in [-0.05, 0) is 23.3 Å². The van der Waals surface area contributed by atoms with Gasteiger partial charge >= 0.3 is 6.03 Å². The molecule has 2 N–H and O–H groups in total. The van der Waals surface area contributed by atoms with Crippen LogP contribution in [0.3, 0.4) is 0 Å². The first-order valence-corrected chi connectivity index (χ1v) is 7.82. The van der Waals surface area contributed by atoms with Gasteiger partial charge < -0.3 is 15.2 Å². The van der Waals surface area contributed by atoms with Crippen LogP contribution < -0.4 is 10.6 Å². The highest BCUT2D eigenvalue weighted by Gasteiger charge is 2.02. The van der Waals surface area contributed by atoms with Crippen molar-refractivity contribution in [3.63, 3.8) is 0 Å². The normalized spacial score (nSPS) is 10.5. The summed E-state index contributed by atoms with van der Waals surface area (Å²) in [6, 6.07) is 11.8. The number of rotatable bonds is 7. The van der Waals surface area contributed by atoms with Crippen molar-refractivity contribution in [1.82, 2.24) is 30.0 Å². The zero-order valence-corrected chi connectivity index (χ0v) is 13.3. The summed E-state index contributed by atoms with van der Waals surface area (Å²) >= 11 is 0. The van der Waals surface area contributed by atoms with E-state index in [0.717, 1.165) is 17.7 Å². The number of nitrogens with zero attached hydrogens (tertiary/aromatic N) is 4. The van der Waals surface area contributed by atoms with Gasteiger partial charge in [-0.3, -0.25) is 0 Å². The Morgan fingerprint density at radius 3 is 2.71 bits per heavy atom. The van der Waals surface area contributed by atoms with E-state index in [2.05, 4.69) is 26.8 Å². The van der Waals surface area contributed by atoms with Gasteiger partial charge in [0.25, 0.3) is 0 Å². The Labute approximate surface area is 140 Å². The Balaban J connectivity index is 1.43. The van der Waals surface area contributed by atoms with Crippen molar-refractivity contribution in [2.24, 2.45) is 0 Å². The Morgan fingerprint density at radius 2 is 1.92 bits per heavy atom. The number of carbonyl (C=O) groups is 1. The first kappa shape index (κ1) is 15.8. The average Bonchev–Trinajstić information content (AvgIpc) is 3.27. The van der Waals surface area contributed by atoms with Gasteiger partial charge in [-0.1, -0.05) is 24.3 Å². The van der Waals surface area contributed by atoms with E-state index >= 15 is 0 Å². The van der Waals surface area contributed by atoms with E-state index < -0.39 is 0 Å². The predicted octanol–water partition coefficient (Wildman–Crippen LogP) is 1.63. The van der Waals surface area contributed by atoms with Crippen LogP contribution in [0.15, 0.2) is 61.4 Å². The number of aromatic nitrogens is 4. The number of hydrogen-bond acceptors (Lipinski definition) is 3. The third kappa shape index (κ3) is 4.70. The highest BCUT2D eigenvalue weighted by atomic mass is 16.2. The molecule has 3 aromatic rings. The summed E-state index contributed by atoms with van der Waals surface area (Å²) in [5, 5.41) is 9.81. The molecule has 0 spiro atoms. The Kier molecular flexibility index (Phi) is 5.24. The van der Waals surface area contributed by atoms with Crippen molar-refractivity contribution in [2.45, 2.75) is 19.6 Å². The number of carbonyl (C=O) groups excluding carboxylic acids is 1. The molecule has 0 aliphatic rings. The second kappa shape index (κ2) is 7.96. The van der Waals surface area contributed by atoms with Crippen molar-refractivity contribution in [2.75, 3.05) is 6.54 Å². The molecule has 0 radical (unpaired) electrons. The maximum absolute atomic E-state index is 11.8. The van der Waals surface area contributed by atoms with Crippen LogP contribution >= 0.6 is 0 Å². The minimum absolute atomic E-state index is 0.163. The van der Waals surface area contributed by atoms with Gasteiger partial charge in [-0.2, -0.15) is 5.10 Å². The first-order valence-electron chi connectivity index (χ1n) is 7.82. The standard InChI is InChI=1S/C17H20N6O/c24-17(19-6-9-22-7-1-2-8-22)20-11-15-4-3-5-16(10-15)12-23-14-18-13-21-23/h1-5,7-8,10,13-14H,6,9,11-12H2,(H2,19,20,24). The summed E-state index contributed by atoms with van der Waals surface area (Å²) in [6.07, 6.45) is 7.15. The summed E-state index contributed by atoms with van der Waals surface area (Å²) in [6.45, 7) is 2.50. The van der Waals surface area contributed by atoms with E-state index in [1.165, 1.54) is 6.33 Å². The first-order chi connectivity index (χ1) is 11.8. The van der Waals surface area contributed by atoms with Crippen molar-refractivity contribution in [3.05, 3.63) is 72.6 Å². The van der Waals surface area contributed by atoms with Gasteiger partial charge in [0.1, 0.15) is 12.7 Å². The number of hydrogen-bond donors (Lipinski definition) is 2. The van der Waals surface area contributed by atoms with Crippen molar-refractivity contribution in [3.8, 4) is 0 Å². The number of nitrogens with one attached hydrogen (secondary N) is 2. The maximum Gasteiger partial charge on any atom is 0.315 e. The zero-order valence-electron chi connectivity index (χ0n) is 13.3. The molecule has 7 heteroatoms. The lowest BCUT2D eigenvalue weighted by atomic mass is 10.1. The van der Waals surface area contributed by atoms with E-state index in [1.54, 1.807) is 11.0 Å². The number of benzene rings is 1. The van der Waals surface area contributed by atoms with E-state index in [0.29, 0.717) is 19.6 Å². The summed E-state index contributed by atoms with van der Waals surface area (Å²) in [5.41, 5.74) is 2.17. The van der Waals surface area contributed by atoms with E-state index in [9.17, 15) is 4.79 Å². The number of amides is 2. The smallest absolute Gasteiger partial charge is 0.315 e. The Bertz CT molecular complexity index is 751. The molecule has 124 valence electrons. The van der Waals surface area contributed by atoms with E-state index in [1.807, 2.05) is 47.3 Å². The average molecular weight is 324 g/mol. The molecule has 1 aromatic carbocycles. The molecule has 3 rings (SSSR count). The predicted molar refractivity (Wildman–Crippen MR) is 90.2 cm³/mol. The van der Waals surface area contributed by atoms with Crippen molar-refractivity contribution in [1.29, 1.82) is 0 Å². The van der Waals surface area contributed by atoms with E-state index in [4.69, 9.17) is 0 Å². The van der Waals surface area contributed by atoms with Crippen molar-refractivity contribution < 1.29 is 4.79 Å². The number of urea groups is 1. The molecule has 24 heavy (non-hydrogen) atoms. The highest BCUT2D eigenvalue weighted by molar-refractivity contribution is 5.73. The molecule has 0 unspecified atom stereocenters. The molecule has 0 saturated carbocycles. The van der Waals surface area contributed by atoms with Crippen LogP contribution in [-0.4, -0.2) is 31.9 Å². The lowest BCUT2D eigenvalue weighted by molar-refractivity contribution is 0.240. The fourth-order valence-corrected chi connectivity index (χ4v) is 2.40. The lowest BCUT2D eigenvalue weighted by Gasteiger charge is -2.09. The molecule has 0 bridgehead atoms. The summed E-state index contributed by atoms with van der Waals surface area (Å²) < 4.78 is 3.79. The van der Waals surface area contributed by atoms with E-state index in [-0.39, 0.29) is 6.03 Å². The second-order valence-electron chi connectivity index (χ2n) is 5.44. The molecule has 2 aromatic heterocycles. The summed E-state index contributed by atoms with van der Waals surface area (Å²) in [7, 11) is 0. The van der Waals surface area contributed by atoms with Crippen molar-refractivity contribution >= 4 is 6.03 Å². The molecular weight excluding hydrogens is 304 g/mol. The molecule has 0 aliphatic heterocycles. The van der Waals surface area contributed by atoms with Gasteiger partial charge in [0, 0.05) is 32.0 Å². The monoisotopic (exact) mass is 324 g/mol. The minimum Gasteiger partial charge on any atom is -0.353 e. The fourth-order valence-electron chi connectivity index (χ4n) is 2.40. The fraction of sp³-hybridized carbons (Fsp3) is 0.235. The molecule has 0 saturated heterocycles. The van der Waals surface area contributed by atoms with Gasteiger partial charge in [0.2, 0.25) is 0 Å². The maximum atomic E-state index is 11.8. The third-order valence-electron chi connectivity index (χ3n) is 3.58. The topological polar surface area (TPSA) is 76.8 Å². The summed E-state index contributed by atoms with van der Waals surface area (Å²) in [4.78, 5) is 15.8. The van der Waals surface area contributed by atoms with Crippen LogP contribution in [0, 0.1) is 0 Å². The highest BCUT2D eigenvalue weighted by Crippen LogP contribution is 2.06. The van der Waals surface area contributed by atoms with Gasteiger partial charge in [0.15, 0.2) is 0 Å². The largest absolute Gasteiger partial charge is 0.353 e. The Hall–Kier alpha value is -3.09. The summed E-state index contributed by atoms with van der Waals surface area (Å²) in [5.74, 6) is 0. The molecule has 0 aliphatic carbocycles. The van der Waals surface area contributed by atoms with Crippen LogP contribution in [0.2, 0.25) is 0 Å². The zero-order chi connectivity index (χ0) is 16.6. The van der Waals surface area contributed by atoms with Crippen LogP contribution in [0.1, 0.15) is 11.1 Å². The Morgan fingerprint density at radius 1 is 1.08 bits per heavy atom. The van der Waals surface area contributed by atoms with Crippen LogP contribution in [0.4, 0.5) is 4.79 Å². The molecule has 7 nitrogen and oxygen atoms in total. The third-order valence-corrected chi connectivity index (χ3v) is 3.58. The minimum atomic E-state index is -0.163. The van der Waals surface area contributed by atoms with Crippen LogP contribution in [0.5, 0.6) is 0 Å². The van der Waals surface area contributed by atoms with Gasteiger partial charge in [-0.15, -0.1) is 0 Å². The van der Waals surface area contributed by atoms with Gasteiger partial charge in [-0.25, -0.2) is 14.5 Å². The SMILES string of the molecule is O=C(NCCn1cccc1)NCc1cccc(Cn2cncn2)c1.